The molecule has 3 aliphatic rings. The number of hydrogen-bond donors (Lipinski definition) is 0. The molecule has 1 saturated heterocycles. The predicted molar refractivity (Wildman–Crippen MR) is 77.2 cm³/mol. The van der Waals surface area contributed by atoms with Crippen LogP contribution in [0.15, 0.2) is 24.3 Å². The van der Waals surface area contributed by atoms with Crippen LogP contribution in [-0.4, -0.2) is 10.5 Å². The average Bonchev–Trinajstić information content (AvgIpc) is 2.68. The Morgan fingerprint density at radius 2 is 2.00 bits per heavy atom. The van der Waals surface area contributed by atoms with Gasteiger partial charge in [0.1, 0.15) is 0 Å². The van der Waals surface area contributed by atoms with Gasteiger partial charge in [-0.3, -0.25) is 0 Å². The van der Waals surface area contributed by atoms with Crippen molar-refractivity contribution in [2.24, 2.45) is 23.7 Å². The highest BCUT2D eigenvalue weighted by molar-refractivity contribution is 8.01. The maximum Gasteiger partial charge on any atom is 0.0261 e. The lowest BCUT2D eigenvalue weighted by Gasteiger charge is -2.39. The fourth-order valence-corrected chi connectivity index (χ4v) is 6.20. The van der Waals surface area contributed by atoms with Crippen LogP contribution in [0.4, 0.5) is 0 Å². The number of thioether (sulfide) groups is 1. The molecular formula is C16H24S. The minimum absolute atomic E-state index is 0.764. The number of fused-ring (bicyclic) bond motifs is 3. The van der Waals surface area contributed by atoms with Gasteiger partial charge in [0.25, 0.3) is 0 Å². The van der Waals surface area contributed by atoms with Gasteiger partial charge in [-0.25, -0.2) is 0 Å². The molecule has 0 radical (unpaired) electrons. The van der Waals surface area contributed by atoms with E-state index in [2.05, 4.69) is 49.9 Å². The third-order valence-electron chi connectivity index (χ3n) is 5.08. The Labute approximate surface area is 110 Å². The van der Waals surface area contributed by atoms with Gasteiger partial charge in [-0.2, -0.15) is 0 Å². The van der Waals surface area contributed by atoms with E-state index in [1.165, 1.54) is 25.7 Å². The summed E-state index contributed by atoms with van der Waals surface area (Å²) in [5.74, 6) is 3.58. The first-order valence-electron chi connectivity index (χ1n) is 7.28. The quantitative estimate of drug-likeness (QED) is 0.607. The zero-order valence-electron chi connectivity index (χ0n) is 11.0. The molecule has 0 spiro atoms. The molecule has 0 N–H and O–H groups in total. The van der Waals surface area contributed by atoms with Gasteiger partial charge in [0.2, 0.25) is 0 Å². The third-order valence-corrected chi connectivity index (χ3v) is 6.96. The van der Waals surface area contributed by atoms with Crippen molar-refractivity contribution in [2.75, 3.05) is 0 Å². The summed E-state index contributed by atoms with van der Waals surface area (Å²) in [6.07, 6.45) is 15.7. The number of hydrogen-bond acceptors (Lipinski definition) is 1. The molecule has 0 nitrogen and oxygen atoms in total. The van der Waals surface area contributed by atoms with Crippen LogP contribution in [0.25, 0.3) is 0 Å². The lowest BCUT2D eigenvalue weighted by Crippen LogP contribution is -2.34. The lowest BCUT2D eigenvalue weighted by atomic mass is 9.68. The Kier molecular flexibility index (Phi) is 3.38. The molecule has 1 heteroatoms. The van der Waals surface area contributed by atoms with E-state index in [-0.39, 0.29) is 0 Å². The van der Waals surface area contributed by atoms with Crippen LogP contribution in [-0.2, 0) is 0 Å². The van der Waals surface area contributed by atoms with Crippen molar-refractivity contribution in [2.45, 2.75) is 50.0 Å². The zero-order valence-corrected chi connectivity index (χ0v) is 11.8. The van der Waals surface area contributed by atoms with E-state index in [1.807, 2.05) is 0 Å². The van der Waals surface area contributed by atoms with Gasteiger partial charge in [-0.1, -0.05) is 44.1 Å². The molecule has 6 atom stereocenters. The molecule has 0 amide bonds. The first-order valence-corrected chi connectivity index (χ1v) is 8.22. The first-order chi connectivity index (χ1) is 8.31. The molecule has 0 bridgehead atoms. The monoisotopic (exact) mass is 248 g/mol. The molecule has 1 saturated carbocycles. The van der Waals surface area contributed by atoms with Gasteiger partial charge >= 0.3 is 0 Å². The van der Waals surface area contributed by atoms with Crippen LogP contribution >= 0.6 is 11.8 Å². The van der Waals surface area contributed by atoms with Crippen molar-refractivity contribution >= 4 is 11.8 Å². The second-order valence-corrected chi connectivity index (χ2v) is 7.39. The minimum Gasteiger partial charge on any atom is -0.150 e. The lowest BCUT2D eigenvalue weighted by molar-refractivity contribution is 0.228. The molecule has 0 aromatic heterocycles. The Balaban J connectivity index is 1.82. The minimum atomic E-state index is 0.764. The summed E-state index contributed by atoms with van der Waals surface area (Å²) in [6, 6.07) is 0. The molecule has 2 aliphatic carbocycles. The van der Waals surface area contributed by atoms with Crippen LogP contribution in [0, 0.1) is 23.7 Å². The molecule has 94 valence electrons. The van der Waals surface area contributed by atoms with E-state index in [0.29, 0.717) is 0 Å². The highest BCUT2D eigenvalue weighted by atomic mass is 32.2. The summed E-state index contributed by atoms with van der Waals surface area (Å²) in [4.78, 5) is 0. The maximum absolute atomic E-state index is 2.57. The molecule has 0 aromatic rings. The fourth-order valence-electron chi connectivity index (χ4n) is 4.10. The van der Waals surface area contributed by atoms with E-state index in [0.717, 1.165) is 34.2 Å². The highest BCUT2D eigenvalue weighted by Gasteiger charge is 2.46. The van der Waals surface area contributed by atoms with Crippen LogP contribution in [0.5, 0.6) is 0 Å². The Morgan fingerprint density at radius 1 is 1.18 bits per heavy atom. The van der Waals surface area contributed by atoms with Crippen molar-refractivity contribution in [1.82, 2.24) is 0 Å². The van der Waals surface area contributed by atoms with E-state index >= 15 is 0 Å². The molecule has 17 heavy (non-hydrogen) atoms. The standard InChI is InChI=1S/C16H24S/c1-3-6-15-11(2)13-10-9-12-7-4-5-8-14(12)16(13)17-15/h3,6,9-16H,4-5,7-8H2,1-2H3/b6-3-. The van der Waals surface area contributed by atoms with E-state index in [4.69, 9.17) is 0 Å². The van der Waals surface area contributed by atoms with Crippen molar-refractivity contribution in [3.8, 4) is 0 Å². The van der Waals surface area contributed by atoms with Crippen LogP contribution < -0.4 is 0 Å². The molecule has 6 unspecified atom stereocenters. The highest BCUT2D eigenvalue weighted by Crippen LogP contribution is 2.54. The van der Waals surface area contributed by atoms with E-state index < -0.39 is 0 Å². The van der Waals surface area contributed by atoms with Crippen molar-refractivity contribution in [1.29, 1.82) is 0 Å². The van der Waals surface area contributed by atoms with E-state index in [1.54, 1.807) is 0 Å². The Morgan fingerprint density at radius 3 is 2.82 bits per heavy atom. The number of rotatable bonds is 1. The number of allylic oxidation sites excluding steroid dienone is 3. The summed E-state index contributed by atoms with van der Waals surface area (Å²) in [5, 5.41) is 1.68. The summed E-state index contributed by atoms with van der Waals surface area (Å²) in [7, 11) is 0. The normalized spacial score (nSPS) is 49.3. The molecule has 2 fully saturated rings. The van der Waals surface area contributed by atoms with Crippen molar-refractivity contribution in [3.05, 3.63) is 24.3 Å². The summed E-state index contributed by atoms with van der Waals surface area (Å²) in [5.41, 5.74) is 0. The second kappa shape index (κ2) is 4.84. The zero-order chi connectivity index (χ0) is 11.8. The van der Waals surface area contributed by atoms with Crippen molar-refractivity contribution in [3.63, 3.8) is 0 Å². The van der Waals surface area contributed by atoms with Crippen LogP contribution in [0.2, 0.25) is 0 Å². The largest absolute Gasteiger partial charge is 0.150 e. The van der Waals surface area contributed by atoms with Crippen LogP contribution in [0.3, 0.4) is 0 Å². The fraction of sp³-hybridized carbons (Fsp3) is 0.750. The van der Waals surface area contributed by atoms with Gasteiger partial charge in [0, 0.05) is 10.5 Å². The van der Waals surface area contributed by atoms with Gasteiger partial charge in [0.15, 0.2) is 0 Å². The summed E-state index contributed by atoms with van der Waals surface area (Å²) in [6.45, 7) is 4.62. The van der Waals surface area contributed by atoms with E-state index in [9.17, 15) is 0 Å². The van der Waals surface area contributed by atoms with Gasteiger partial charge < -0.3 is 0 Å². The Hall–Kier alpha value is -0.170. The van der Waals surface area contributed by atoms with Gasteiger partial charge in [0.05, 0.1) is 0 Å². The molecule has 3 rings (SSSR count). The topological polar surface area (TPSA) is 0 Å². The third kappa shape index (κ3) is 2.01. The maximum atomic E-state index is 2.57. The van der Waals surface area contributed by atoms with Gasteiger partial charge in [-0.15, -0.1) is 11.8 Å². The predicted octanol–water partition coefficient (Wildman–Crippen LogP) is 4.68. The molecule has 1 aliphatic heterocycles. The first kappa shape index (κ1) is 11.9. The Bertz CT molecular complexity index is 330. The summed E-state index contributed by atoms with van der Waals surface area (Å²) >= 11 is 2.27. The van der Waals surface area contributed by atoms with Crippen LogP contribution in [0.1, 0.15) is 39.5 Å². The van der Waals surface area contributed by atoms with Crippen molar-refractivity contribution < 1.29 is 0 Å². The molecule has 0 aromatic carbocycles. The van der Waals surface area contributed by atoms with Gasteiger partial charge in [-0.05, 0) is 43.4 Å². The SMILES string of the molecule is C/C=C\C1SC2C(C=CC3CCCCC32)C1C. The second-order valence-electron chi connectivity index (χ2n) is 6.02. The summed E-state index contributed by atoms with van der Waals surface area (Å²) < 4.78 is 0. The smallest absolute Gasteiger partial charge is 0.0261 e. The molecular weight excluding hydrogens is 224 g/mol. The average molecular weight is 248 g/mol. The molecule has 1 heterocycles.